The Morgan fingerprint density at radius 1 is 0.938 bits per heavy atom. The van der Waals surface area contributed by atoms with E-state index in [1.807, 2.05) is 18.2 Å². The molecule has 0 saturated heterocycles. The molecule has 0 radical (unpaired) electrons. The molecule has 0 saturated carbocycles. The maximum Gasteiger partial charge on any atom is 0.328 e. The highest BCUT2D eigenvalue weighted by atomic mass is 35.5. The van der Waals surface area contributed by atoms with E-state index < -0.39 is 23.8 Å². The summed E-state index contributed by atoms with van der Waals surface area (Å²) < 4.78 is 4.85. The van der Waals surface area contributed by atoms with E-state index in [9.17, 15) is 14.4 Å². The van der Waals surface area contributed by atoms with Crippen LogP contribution in [-0.2, 0) is 16.0 Å². The van der Waals surface area contributed by atoms with E-state index in [4.69, 9.17) is 33.7 Å². The molecule has 3 rings (SSSR count). The Balaban J connectivity index is 1.82. The zero-order valence-corrected chi connectivity index (χ0v) is 18.6. The largest absolute Gasteiger partial charge is 0.467 e. The van der Waals surface area contributed by atoms with Crippen LogP contribution in [0.4, 0.5) is 0 Å². The van der Waals surface area contributed by atoms with Crippen molar-refractivity contribution in [2.45, 2.75) is 12.5 Å². The van der Waals surface area contributed by atoms with E-state index in [-0.39, 0.29) is 22.0 Å². The number of esters is 1. The van der Waals surface area contributed by atoms with Crippen LogP contribution in [0.1, 0.15) is 26.3 Å². The molecule has 0 spiro atoms. The summed E-state index contributed by atoms with van der Waals surface area (Å²) in [4.78, 5) is 36.7. The predicted molar refractivity (Wildman–Crippen MR) is 124 cm³/mol. The van der Waals surface area contributed by atoms with Crippen LogP contribution in [-0.4, -0.2) is 30.9 Å². The van der Waals surface area contributed by atoms with Crippen molar-refractivity contribution in [3.8, 4) is 11.1 Å². The summed E-state index contributed by atoms with van der Waals surface area (Å²) in [6.07, 6.45) is 0.179. The highest BCUT2D eigenvalue weighted by Gasteiger charge is 2.25. The summed E-state index contributed by atoms with van der Waals surface area (Å²) in [6.45, 7) is 0. The molecule has 0 unspecified atom stereocenters. The number of hydrogen-bond donors (Lipinski definition) is 2. The summed E-state index contributed by atoms with van der Waals surface area (Å²) in [5, 5.41) is 2.99. The Bertz CT molecular complexity index is 1140. The molecule has 0 aliphatic rings. The van der Waals surface area contributed by atoms with Crippen molar-refractivity contribution in [1.29, 1.82) is 0 Å². The van der Waals surface area contributed by atoms with Crippen molar-refractivity contribution in [3.05, 3.63) is 93.5 Å². The van der Waals surface area contributed by atoms with Crippen LogP contribution >= 0.6 is 23.2 Å². The highest BCUT2D eigenvalue weighted by molar-refractivity contribution is 6.39. The molecule has 3 N–H and O–H groups in total. The smallest absolute Gasteiger partial charge is 0.328 e. The molecule has 3 aromatic carbocycles. The maximum absolute atomic E-state index is 12.7. The second-order valence-electron chi connectivity index (χ2n) is 6.96. The first-order valence-corrected chi connectivity index (χ1v) is 10.4. The Morgan fingerprint density at radius 3 is 2.16 bits per heavy atom. The topological polar surface area (TPSA) is 98.5 Å². The average Bonchev–Trinajstić information content (AvgIpc) is 2.78. The second kappa shape index (κ2) is 10.3. The third-order valence-corrected chi connectivity index (χ3v) is 5.51. The molecule has 0 fully saturated rings. The minimum absolute atomic E-state index is 0.0862. The van der Waals surface area contributed by atoms with Crippen molar-refractivity contribution in [2.24, 2.45) is 5.73 Å². The number of rotatable bonds is 7. The van der Waals surface area contributed by atoms with Crippen molar-refractivity contribution < 1.29 is 19.1 Å². The first-order valence-electron chi connectivity index (χ1n) is 9.62. The fourth-order valence-corrected chi connectivity index (χ4v) is 3.86. The van der Waals surface area contributed by atoms with Crippen LogP contribution in [0.3, 0.4) is 0 Å². The molecule has 164 valence electrons. The van der Waals surface area contributed by atoms with E-state index in [0.717, 1.165) is 11.1 Å². The number of amides is 2. The Kier molecular flexibility index (Phi) is 7.51. The zero-order valence-electron chi connectivity index (χ0n) is 17.1. The lowest BCUT2D eigenvalue weighted by molar-refractivity contribution is -0.142. The standard InChI is InChI=1S/C24H20Cl2N2O4/c1-32-24(31)20(28-23(30)21-18(25)7-4-8-19(21)26)13-14-9-11-15(12-10-14)16-5-2-3-6-17(16)22(27)29/h2-12,20H,13H2,1H3,(H2,27,29)(H,28,30)/t20-/m0/s1. The van der Waals surface area contributed by atoms with Crippen LogP contribution in [0.15, 0.2) is 66.7 Å². The summed E-state index contributed by atoms with van der Waals surface area (Å²) in [5.74, 6) is -1.70. The minimum Gasteiger partial charge on any atom is -0.467 e. The third-order valence-electron chi connectivity index (χ3n) is 4.88. The van der Waals surface area contributed by atoms with Gasteiger partial charge in [-0.2, -0.15) is 0 Å². The van der Waals surface area contributed by atoms with Crippen LogP contribution in [0.5, 0.6) is 0 Å². The molecule has 0 aromatic heterocycles. The predicted octanol–water partition coefficient (Wildman–Crippen LogP) is 4.27. The fourth-order valence-electron chi connectivity index (χ4n) is 3.29. The lowest BCUT2D eigenvalue weighted by Crippen LogP contribution is -2.43. The lowest BCUT2D eigenvalue weighted by Gasteiger charge is -2.18. The van der Waals surface area contributed by atoms with Crippen molar-refractivity contribution >= 4 is 41.0 Å². The molecule has 6 nitrogen and oxygen atoms in total. The molecule has 1 atom stereocenters. The molecule has 32 heavy (non-hydrogen) atoms. The lowest BCUT2D eigenvalue weighted by atomic mass is 9.97. The minimum atomic E-state index is -0.955. The van der Waals surface area contributed by atoms with Gasteiger partial charge in [-0.25, -0.2) is 4.79 Å². The van der Waals surface area contributed by atoms with Gasteiger partial charge in [0.2, 0.25) is 5.91 Å². The monoisotopic (exact) mass is 470 g/mol. The molecule has 0 heterocycles. The van der Waals surface area contributed by atoms with Gasteiger partial charge in [-0.1, -0.05) is 71.7 Å². The zero-order chi connectivity index (χ0) is 23.3. The van der Waals surface area contributed by atoms with Gasteiger partial charge in [0.1, 0.15) is 6.04 Å². The number of primary amides is 1. The summed E-state index contributed by atoms with van der Waals surface area (Å²) in [7, 11) is 1.24. The number of halogens is 2. The molecule has 0 aliphatic heterocycles. The molecule has 2 amide bonds. The molecule has 8 heteroatoms. The Morgan fingerprint density at radius 2 is 1.56 bits per heavy atom. The quantitative estimate of drug-likeness (QED) is 0.503. The molecule has 0 bridgehead atoms. The van der Waals surface area contributed by atoms with E-state index in [0.29, 0.717) is 11.1 Å². The van der Waals surface area contributed by atoms with E-state index in [2.05, 4.69) is 5.32 Å². The van der Waals surface area contributed by atoms with Gasteiger partial charge in [0, 0.05) is 12.0 Å². The number of methoxy groups -OCH3 is 1. The number of benzene rings is 3. The van der Waals surface area contributed by atoms with Crippen LogP contribution in [0.25, 0.3) is 11.1 Å². The molecular weight excluding hydrogens is 451 g/mol. The highest BCUT2D eigenvalue weighted by Crippen LogP contribution is 2.26. The number of nitrogens with one attached hydrogen (secondary N) is 1. The average molecular weight is 471 g/mol. The first kappa shape index (κ1) is 23.3. The molecular formula is C24H20Cl2N2O4. The van der Waals surface area contributed by atoms with Gasteiger partial charge in [0.25, 0.3) is 5.91 Å². The van der Waals surface area contributed by atoms with Gasteiger partial charge < -0.3 is 15.8 Å². The van der Waals surface area contributed by atoms with Gasteiger partial charge in [0.15, 0.2) is 0 Å². The summed E-state index contributed by atoms with van der Waals surface area (Å²) in [5.41, 5.74) is 8.23. The number of carbonyl (C=O) groups is 3. The van der Waals surface area contributed by atoms with Gasteiger partial charge in [0.05, 0.1) is 22.7 Å². The summed E-state index contributed by atoms with van der Waals surface area (Å²) in [6, 6.07) is 18.0. The van der Waals surface area contributed by atoms with Crippen molar-refractivity contribution in [1.82, 2.24) is 5.32 Å². The van der Waals surface area contributed by atoms with E-state index in [1.54, 1.807) is 36.4 Å². The second-order valence-corrected chi connectivity index (χ2v) is 7.77. The van der Waals surface area contributed by atoms with Crippen LogP contribution in [0, 0.1) is 0 Å². The fraction of sp³-hybridized carbons (Fsp3) is 0.125. The first-order chi connectivity index (χ1) is 15.3. The summed E-state index contributed by atoms with van der Waals surface area (Å²) >= 11 is 12.2. The van der Waals surface area contributed by atoms with E-state index >= 15 is 0 Å². The SMILES string of the molecule is COC(=O)[C@H](Cc1ccc(-c2ccccc2C(N)=O)cc1)NC(=O)c1c(Cl)cccc1Cl. The number of nitrogens with two attached hydrogens (primary N) is 1. The van der Waals surface area contributed by atoms with Crippen molar-refractivity contribution in [3.63, 3.8) is 0 Å². The van der Waals surface area contributed by atoms with E-state index in [1.165, 1.54) is 19.2 Å². The van der Waals surface area contributed by atoms with Crippen LogP contribution in [0.2, 0.25) is 10.0 Å². The number of hydrogen-bond acceptors (Lipinski definition) is 4. The van der Waals surface area contributed by atoms with Gasteiger partial charge >= 0.3 is 5.97 Å². The van der Waals surface area contributed by atoms with Gasteiger partial charge in [-0.05, 0) is 34.9 Å². The normalized spacial score (nSPS) is 11.5. The van der Waals surface area contributed by atoms with Gasteiger partial charge in [-0.3, -0.25) is 9.59 Å². The molecule has 3 aromatic rings. The van der Waals surface area contributed by atoms with Crippen LogP contribution < -0.4 is 11.1 Å². The Labute approximate surface area is 195 Å². The van der Waals surface area contributed by atoms with Crippen molar-refractivity contribution in [2.75, 3.05) is 7.11 Å². The van der Waals surface area contributed by atoms with Gasteiger partial charge in [-0.15, -0.1) is 0 Å². The number of ether oxygens (including phenoxy) is 1. The maximum atomic E-state index is 12.7. The molecule has 0 aliphatic carbocycles. The third kappa shape index (κ3) is 5.28. The Hall–Kier alpha value is -3.35. The number of carbonyl (C=O) groups excluding carboxylic acids is 3.